The summed E-state index contributed by atoms with van der Waals surface area (Å²) >= 11 is 0. The van der Waals surface area contributed by atoms with Gasteiger partial charge in [0.15, 0.2) is 0 Å². The van der Waals surface area contributed by atoms with Crippen molar-refractivity contribution < 1.29 is 9.53 Å². The second-order valence-electron chi connectivity index (χ2n) is 5.06. The van der Waals surface area contributed by atoms with Gasteiger partial charge in [0.25, 0.3) is 0 Å². The molecule has 0 aromatic heterocycles. The summed E-state index contributed by atoms with van der Waals surface area (Å²) in [5, 5.41) is 0. The number of nitrogens with zero attached hydrogens (tertiary/aromatic N) is 2. The van der Waals surface area contributed by atoms with Gasteiger partial charge in [-0.3, -0.25) is 4.90 Å². The topological polar surface area (TPSA) is 58.8 Å². The minimum absolute atomic E-state index is 0.330. The average molecular weight is 277 g/mol. The number of nitrogen functional groups attached to an aromatic ring is 1. The summed E-state index contributed by atoms with van der Waals surface area (Å²) in [6.07, 6.45) is 1.17. The lowest BCUT2D eigenvalue weighted by Gasteiger charge is -2.37. The molecule has 0 amide bonds. The van der Waals surface area contributed by atoms with Crippen molar-refractivity contribution in [1.82, 2.24) is 4.90 Å². The Morgan fingerprint density at radius 2 is 2.00 bits per heavy atom. The number of rotatable bonds is 4. The zero-order valence-electron chi connectivity index (χ0n) is 12.3. The number of hydrogen-bond acceptors (Lipinski definition) is 5. The number of carbonyl (C=O) groups excluding carboxylic acids is 1. The molecule has 2 N–H and O–H groups in total. The zero-order valence-corrected chi connectivity index (χ0v) is 12.3. The number of methoxy groups -OCH3 is 1. The molecule has 1 aromatic carbocycles. The summed E-state index contributed by atoms with van der Waals surface area (Å²) in [4.78, 5) is 16.5. The fourth-order valence-electron chi connectivity index (χ4n) is 2.70. The first-order valence-corrected chi connectivity index (χ1v) is 7.11. The molecule has 1 aliphatic heterocycles. The van der Waals surface area contributed by atoms with Crippen molar-refractivity contribution in [3.05, 3.63) is 23.8 Å². The fraction of sp³-hybridized carbons (Fsp3) is 0.533. The highest BCUT2D eigenvalue weighted by Crippen LogP contribution is 2.29. The van der Waals surface area contributed by atoms with Crippen LogP contribution in [0.4, 0.5) is 11.4 Å². The van der Waals surface area contributed by atoms with Crippen molar-refractivity contribution in [3.8, 4) is 0 Å². The molecule has 0 radical (unpaired) electrons. The standard InChI is InChI=1S/C15H23N3O2/c1-3-7-17-8-10-18(11-9-17)14-12(15(19)20-2)5-4-6-13(14)16/h4-6H,3,7-11,16H2,1-2H3. The molecule has 0 bridgehead atoms. The summed E-state index contributed by atoms with van der Waals surface area (Å²) in [7, 11) is 1.40. The predicted octanol–water partition coefficient (Wildman–Crippen LogP) is 1.59. The van der Waals surface area contributed by atoms with E-state index in [0.717, 1.165) is 38.4 Å². The van der Waals surface area contributed by atoms with Gasteiger partial charge in [0.05, 0.1) is 24.0 Å². The van der Waals surface area contributed by atoms with E-state index in [2.05, 4.69) is 16.7 Å². The molecule has 0 atom stereocenters. The lowest BCUT2D eigenvalue weighted by Crippen LogP contribution is -2.47. The van der Waals surface area contributed by atoms with Crippen molar-refractivity contribution in [2.75, 3.05) is 50.5 Å². The molecular weight excluding hydrogens is 254 g/mol. The zero-order chi connectivity index (χ0) is 14.5. The molecular formula is C15H23N3O2. The van der Waals surface area contributed by atoms with E-state index in [9.17, 15) is 4.79 Å². The summed E-state index contributed by atoms with van der Waals surface area (Å²) in [6, 6.07) is 5.40. The van der Waals surface area contributed by atoms with Crippen molar-refractivity contribution >= 4 is 17.3 Å². The molecule has 1 aromatic rings. The highest BCUT2D eigenvalue weighted by molar-refractivity contribution is 5.99. The number of carbonyl (C=O) groups is 1. The van der Waals surface area contributed by atoms with Crippen molar-refractivity contribution in [3.63, 3.8) is 0 Å². The molecule has 2 rings (SSSR count). The van der Waals surface area contributed by atoms with Crippen LogP contribution in [0.1, 0.15) is 23.7 Å². The smallest absolute Gasteiger partial charge is 0.340 e. The maximum atomic E-state index is 11.9. The van der Waals surface area contributed by atoms with E-state index in [1.807, 2.05) is 6.07 Å². The van der Waals surface area contributed by atoms with E-state index >= 15 is 0 Å². The Bertz CT molecular complexity index is 468. The molecule has 5 heteroatoms. The van der Waals surface area contributed by atoms with Crippen LogP contribution >= 0.6 is 0 Å². The molecule has 1 heterocycles. The third-order valence-electron chi connectivity index (χ3n) is 3.70. The third kappa shape index (κ3) is 3.04. The number of para-hydroxylation sites is 1. The van der Waals surface area contributed by atoms with E-state index in [1.165, 1.54) is 13.5 Å². The van der Waals surface area contributed by atoms with Crippen molar-refractivity contribution in [1.29, 1.82) is 0 Å². The van der Waals surface area contributed by atoms with Gasteiger partial charge >= 0.3 is 5.97 Å². The third-order valence-corrected chi connectivity index (χ3v) is 3.70. The predicted molar refractivity (Wildman–Crippen MR) is 81.1 cm³/mol. The largest absolute Gasteiger partial charge is 0.465 e. The maximum Gasteiger partial charge on any atom is 0.340 e. The number of nitrogens with two attached hydrogens (primary N) is 1. The Morgan fingerprint density at radius 1 is 1.30 bits per heavy atom. The minimum atomic E-state index is -0.330. The van der Waals surface area contributed by atoms with Crippen LogP contribution in [0.3, 0.4) is 0 Å². The van der Waals surface area contributed by atoms with E-state index in [4.69, 9.17) is 10.5 Å². The molecule has 0 spiro atoms. The van der Waals surface area contributed by atoms with Gasteiger partial charge in [0.2, 0.25) is 0 Å². The molecule has 1 fully saturated rings. The normalized spacial score (nSPS) is 16.2. The second kappa shape index (κ2) is 6.61. The Labute approximate surface area is 120 Å². The van der Waals surface area contributed by atoms with Crippen LogP contribution in [0, 0.1) is 0 Å². The number of ether oxygens (including phenoxy) is 1. The summed E-state index contributed by atoms with van der Waals surface area (Å²) in [5.74, 6) is -0.330. The molecule has 20 heavy (non-hydrogen) atoms. The lowest BCUT2D eigenvalue weighted by atomic mass is 10.1. The molecule has 1 aliphatic rings. The quantitative estimate of drug-likeness (QED) is 0.669. The first kappa shape index (κ1) is 14.7. The fourth-order valence-corrected chi connectivity index (χ4v) is 2.70. The SMILES string of the molecule is CCCN1CCN(c2c(N)cccc2C(=O)OC)CC1. The van der Waals surface area contributed by atoms with Crippen LogP contribution in [0.15, 0.2) is 18.2 Å². The first-order chi connectivity index (χ1) is 9.67. The van der Waals surface area contributed by atoms with Gasteiger partial charge in [0, 0.05) is 26.2 Å². The molecule has 0 unspecified atom stereocenters. The summed E-state index contributed by atoms with van der Waals surface area (Å²) in [6.45, 7) is 7.10. The van der Waals surface area contributed by atoms with E-state index < -0.39 is 0 Å². The maximum absolute atomic E-state index is 11.9. The molecule has 0 aliphatic carbocycles. The Hall–Kier alpha value is -1.75. The van der Waals surface area contributed by atoms with Gasteiger partial charge in [-0.2, -0.15) is 0 Å². The molecule has 0 saturated carbocycles. The Morgan fingerprint density at radius 3 is 2.60 bits per heavy atom. The van der Waals surface area contributed by atoms with Crippen LogP contribution in [0.5, 0.6) is 0 Å². The van der Waals surface area contributed by atoms with Gasteiger partial charge in [0.1, 0.15) is 0 Å². The van der Waals surface area contributed by atoms with Crippen LogP contribution in [0.25, 0.3) is 0 Å². The van der Waals surface area contributed by atoms with Gasteiger partial charge in [-0.15, -0.1) is 0 Å². The molecule has 1 saturated heterocycles. The van der Waals surface area contributed by atoms with Crippen molar-refractivity contribution in [2.24, 2.45) is 0 Å². The first-order valence-electron chi connectivity index (χ1n) is 7.11. The van der Waals surface area contributed by atoms with Gasteiger partial charge < -0.3 is 15.4 Å². The lowest BCUT2D eigenvalue weighted by molar-refractivity contribution is 0.0601. The van der Waals surface area contributed by atoms with Crippen LogP contribution in [-0.4, -0.2) is 50.7 Å². The van der Waals surface area contributed by atoms with Gasteiger partial charge in [-0.05, 0) is 25.1 Å². The number of hydrogen-bond donors (Lipinski definition) is 1. The van der Waals surface area contributed by atoms with E-state index in [1.54, 1.807) is 12.1 Å². The number of piperazine rings is 1. The molecule has 5 nitrogen and oxygen atoms in total. The summed E-state index contributed by atoms with van der Waals surface area (Å²) in [5.41, 5.74) is 8.08. The van der Waals surface area contributed by atoms with Gasteiger partial charge in [-0.25, -0.2) is 4.79 Å². The Balaban J connectivity index is 2.19. The van der Waals surface area contributed by atoms with Crippen molar-refractivity contribution in [2.45, 2.75) is 13.3 Å². The van der Waals surface area contributed by atoms with E-state index in [-0.39, 0.29) is 5.97 Å². The Kier molecular flexibility index (Phi) is 4.84. The average Bonchev–Trinajstić information content (AvgIpc) is 2.47. The minimum Gasteiger partial charge on any atom is -0.465 e. The number of esters is 1. The highest BCUT2D eigenvalue weighted by atomic mass is 16.5. The van der Waals surface area contributed by atoms with Crippen LogP contribution in [0.2, 0.25) is 0 Å². The molecule has 110 valence electrons. The van der Waals surface area contributed by atoms with Gasteiger partial charge in [-0.1, -0.05) is 13.0 Å². The number of benzene rings is 1. The van der Waals surface area contributed by atoms with Crippen LogP contribution in [-0.2, 0) is 4.74 Å². The summed E-state index contributed by atoms with van der Waals surface area (Å²) < 4.78 is 4.85. The monoisotopic (exact) mass is 277 g/mol. The highest BCUT2D eigenvalue weighted by Gasteiger charge is 2.23. The number of anilines is 2. The van der Waals surface area contributed by atoms with Crippen LogP contribution < -0.4 is 10.6 Å². The van der Waals surface area contributed by atoms with E-state index in [0.29, 0.717) is 11.3 Å². The second-order valence-corrected chi connectivity index (χ2v) is 5.06.